The highest BCUT2D eigenvalue weighted by atomic mass is 16.5. The Morgan fingerprint density at radius 3 is 2.52 bits per heavy atom. The number of hydrogen-bond acceptors (Lipinski definition) is 3. The first kappa shape index (κ1) is 15.3. The second-order valence-corrected chi connectivity index (χ2v) is 5.05. The molecule has 1 saturated heterocycles. The van der Waals surface area contributed by atoms with Gasteiger partial charge < -0.3 is 20.5 Å². The maximum absolute atomic E-state index is 11.8. The van der Waals surface area contributed by atoms with Gasteiger partial charge in [0.15, 0.2) is 0 Å². The Hall–Kier alpha value is -2.08. The Morgan fingerprint density at radius 2 is 1.86 bits per heavy atom. The van der Waals surface area contributed by atoms with Gasteiger partial charge in [0.1, 0.15) is 0 Å². The number of carbonyl (C=O) groups is 2. The number of aliphatic carboxylic acids is 1. The van der Waals surface area contributed by atoms with Gasteiger partial charge in [0.25, 0.3) is 0 Å². The molecule has 0 atom stereocenters. The predicted molar refractivity (Wildman–Crippen MR) is 77.0 cm³/mol. The highest BCUT2D eigenvalue weighted by Crippen LogP contribution is 2.10. The number of carbonyl (C=O) groups excluding carboxylic acids is 1. The van der Waals surface area contributed by atoms with E-state index in [0.717, 1.165) is 24.0 Å². The summed E-state index contributed by atoms with van der Waals surface area (Å²) in [6, 6.07) is 7.14. The van der Waals surface area contributed by atoms with Gasteiger partial charge >= 0.3 is 12.0 Å². The molecule has 2 amide bonds. The van der Waals surface area contributed by atoms with Crippen molar-refractivity contribution in [3.05, 3.63) is 35.4 Å². The van der Waals surface area contributed by atoms with Crippen molar-refractivity contribution in [3.63, 3.8) is 0 Å². The summed E-state index contributed by atoms with van der Waals surface area (Å²) in [6.45, 7) is 1.66. The smallest absolute Gasteiger partial charge is 0.315 e. The molecule has 6 nitrogen and oxygen atoms in total. The van der Waals surface area contributed by atoms with E-state index in [9.17, 15) is 9.59 Å². The van der Waals surface area contributed by atoms with Crippen LogP contribution in [0.5, 0.6) is 0 Å². The minimum atomic E-state index is -0.880. The van der Waals surface area contributed by atoms with Crippen molar-refractivity contribution < 1.29 is 19.4 Å². The first-order chi connectivity index (χ1) is 10.1. The van der Waals surface area contributed by atoms with E-state index in [4.69, 9.17) is 9.84 Å². The summed E-state index contributed by atoms with van der Waals surface area (Å²) < 4.78 is 5.24. The van der Waals surface area contributed by atoms with Crippen molar-refractivity contribution in [2.45, 2.75) is 31.8 Å². The maximum atomic E-state index is 11.8. The lowest BCUT2D eigenvalue weighted by molar-refractivity contribution is -0.136. The fourth-order valence-electron chi connectivity index (χ4n) is 2.32. The number of benzene rings is 1. The van der Waals surface area contributed by atoms with Crippen LogP contribution in [0.2, 0.25) is 0 Å². The molecule has 6 heteroatoms. The highest BCUT2D eigenvalue weighted by molar-refractivity contribution is 5.74. The normalized spacial score (nSPS) is 15.4. The molecule has 0 bridgehead atoms. The topological polar surface area (TPSA) is 87.7 Å². The first-order valence-corrected chi connectivity index (χ1v) is 7.06. The molecule has 1 aliphatic heterocycles. The molecule has 1 aromatic rings. The van der Waals surface area contributed by atoms with E-state index in [0.29, 0.717) is 19.8 Å². The summed E-state index contributed by atoms with van der Waals surface area (Å²) in [6.07, 6.45) is 1.60. The van der Waals surface area contributed by atoms with Crippen molar-refractivity contribution in [1.82, 2.24) is 10.6 Å². The molecule has 1 aliphatic rings. The fourth-order valence-corrected chi connectivity index (χ4v) is 2.32. The molecule has 1 heterocycles. The molecular formula is C15H20N2O4. The van der Waals surface area contributed by atoms with Gasteiger partial charge in [0.2, 0.25) is 0 Å². The third kappa shape index (κ3) is 5.07. The van der Waals surface area contributed by atoms with Gasteiger partial charge in [-0.15, -0.1) is 0 Å². The van der Waals surface area contributed by atoms with Crippen LogP contribution in [0.15, 0.2) is 24.3 Å². The Kier molecular flexibility index (Phi) is 5.57. The molecule has 21 heavy (non-hydrogen) atoms. The third-order valence-electron chi connectivity index (χ3n) is 3.46. The lowest BCUT2D eigenvalue weighted by atomic mass is 10.0. The minimum Gasteiger partial charge on any atom is -0.481 e. The van der Waals surface area contributed by atoms with Crippen LogP contribution in [0.25, 0.3) is 0 Å². The second kappa shape index (κ2) is 7.64. The largest absolute Gasteiger partial charge is 0.481 e. The van der Waals surface area contributed by atoms with Crippen LogP contribution in [0.1, 0.15) is 24.0 Å². The zero-order chi connectivity index (χ0) is 15.1. The minimum absolute atomic E-state index is 0.0422. The SMILES string of the molecule is O=C(O)Cc1ccccc1CNC(=O)NC1CCOCC1. The van der Waals surface area contributed by atoms with Crippen molar-refractivity contribution in [2.75, 3.05) is 13.2 Å². The summed E-state index contributed by atoms with van der Waals surface area (Å²) in [5.41, 5.74) is 1.54. The highest BCUT2D eigenvalue weighted by Gasteiger charge is 2.16. The molecule has 0 unspecified atom stereocenters. The molecule has 114 valence electrons. The third-order valence-corrected chi connectivity index (χ3v) is 3.46. The molecule has 0 spiro atoms. The first-order valence-electron chi connectivity index (χ1n) is 7.06. The second-order valence-electron chi connectivity index (χ2n) is 5.05. The Morgan fingerprint density at radius 1 is 1.19 bits per heavy atom. The van der Waals surface area contributed by atoms with Gasteiger partial charge in [-0.3, -0.25) is 4.79 Å². The fraction of sp³-hybridized carbons (Fsp3) is 0.467. The average Bonchev–Trinajstić information content (AvgIpc) is 2.47. The van der Waals surface area contributed by atoms with Crippen LogP contribution >= 0.6 is 0 Å². The monoisotopic (exact) mass is 292 g/mol. The van der Waals surface area contributed by atoms with E-state index < -0.39 is 5.97 Å². The van der Waals surface area contributed by atoms with E-state index in [2.05, 4.69) is 10.6 Å². The Bertz CT molecular complexity index is 498. The van der Waals surface area contributed by atoms with E-state index in [1.807, 2.05) is 12.1 Å². The summed E-state index contributed by atoms with van der Waals surface area (Å²) in [4.78, 5) is 22.6. The molecule has 0 saturated carbocycles. The van der Waals surface area contributed by atoms with Crippen LogP contribution in [-0.4, -0.2) is 36.4 Å². The number of rotatable bonds is 5. The van der Waals surface area contributed by atoms with Crippen molar-refractivity contribution in [2.24, 2.45) is 0 Å². The number of nitrogens with one attached hydrogen (secondary N) is 2. The van der Waals surface area contributed by atoms with Crippen LogP contribution < -0.4 is 10.6 Å². The van der Waals surface area contributed by atoms with E-state index >= 15 is 0 Å². The van der Waals surface area contributed by atoms with E-state index in [1.165, 1.54) is 0 Å². The summed E-state index contributed by atoms with van der Waals surface area (Å²) >= 11 is 0. The van der Waals surface area contributed by atoms with Crippen LogP contribution in [-0.2, 0) is 22.5 Å². The van der Waals surface area contributed by atoms with Gasteiger partial charge in [0, 0.05) is 25.8 Å². The zero-order valence-electron chi connectivity index (χ0n) is 11.8. The van der Waals surface area contributed by atoms with Crippen LogP contribution in [0.3, 0.4) is 0 Å². The standard InChI is InChI=1S/C15H20N2O4/c18-14(19)9-11-3-1-2-4-12(11)10-16-15(20)17-13-5-7-21-8-6-13/h1-4,13H,5-10H2,(H,18,19)(H2,16,17,20). The molecule has 1 aromatic carbocycles. The van der Waals surface area contributed by atoms with Crippen molar-refractivity contribution in [3.8, 4) is 0 Å². The number of urea groups is 1. The zero-order valence-corrected chi connectivity index (χ0v) is 11.8. The van der Waals surface area contributed by atoms with E-state index in [-0.39, 0.29) is 18.5 Å². The molecular weight excluding hydrogens is 272 g/mol. The number of amides is 2. The quantitative estimate of drug-likeness (QED) is 0.763. The van der Waals surface area contributed by atoms with Gasteiger partial charge in [-0.25, -0.2) is 4.79 Å². The number of hydrogen-bond donors (Lipinski definition) is 3. The molecule has 0 radical (unpaired) electrons. The summed E-state index contributed by atoms with van der Waals surface area (Å²) in [5, 5.41) is 14.6. The van der Waals surface area contributed by atoms with Gasteiger partial charge in [-0.2, -0.15) is 0 Å². The Balaban J connectivity index is 1.84. The molecule has 1 fully saturated rings. The molecule has 0 aliphatic carbocycles. The number of ether oxygens (including phenoxy) is 1. The van der Waals surface area contributed by atoms with Crippen molar-refractivity contribution in [1.29, 1.82) is 0 Å². The van der Waals surface area contributed by atoms with Crippen LogP contribution in [0, 0.1) is 0 Å². The number of carboxylic acids is 1. The molecule has 0 aromatic heterocycles. The average molecular weight is 292 g/mol. The molecule has 2 rings (SSSR count). The Labute approximate surface area is 123 Å². The van der Waals surface area contributed by atoms with Gasteiger partial charge in [0.05, 0.1) is 6.42 Å². The lowest BCUT2D eigenvalue weighted by Crippen LogP contribution is -2.44. The van der Waals surface area contributed by atoms with E-state index in [1.54, 1.807) is 12.1 Å². The molecule has 3 N–H and O–H groups in total. The van der Waals surface area contributed by atoms with Crippen LogP contribution in [0.4, 0.5) is 4.79 Å². The van der Waals surface area contributed by atoms with Crippen molar-refractivity contribution >= 4 is 12.0 Å². The van der Waals surface area contributed by atoms with Gasteiger partial charge in [-0.1, -0.05) is 24.3 Å². The summed E-state index contributed by atoms with van der Waals surface area (Å²) in [7, 11) is 0. The number of carboxylic acid groups (broad SMARTS) is 1. The maximum Gasteiger partial charge on any atom is 0.315 e. The lowest BCUT2D eigenvalue weighted by Gasteiger charge is -2.23. The van der Waals surface area contributed by atoms with Gasteiger partial charge in [-0.05, 0) is 24.0 Å². The predicted octanol–water partition coefficient (Wildman–Crippen LogP) is 1.29. The summed E-state index contributed by atoms with van der Waals surface area (Å²) in [5.74, 6) is -0.880.